The summed E-state index contributed by atoms with van der Waals surface area (Å²) in [4.78, 5) is 6.90. The van der Waals surface area contributed by atoms with Gasteiger partial charge in [-0.25, -0.2) is 4.98 Å². The van der Waals surface area contributed by atoms with Crippen molar-refractivity contribution in [1.82, 2.24) is 10.3 Å². The minimum absolute atomic E-state index is 0.777. The number of nitrogens with zero attached hydrogens (tertiary/aromatic N) is 2. The first-order chi connectivity index (χ1) is 9.33. The molecule has 0 unspecified atom stereocenters. The quantitative estimate of drug-likeness (QED) is 0.753. The molecule has 1 N–H and O–H groups in total. The fourth-order valence-electron chi connectivity index (χ4n) is 1.82. The molecule has 0 saturated heterocycles. The number of furan rings is 1. The van der Waals surface area contributed by atoms with E-state index in [2.05, 4.69) is 34.4 Å². The SMILES string of the molecule is CCCNCc1csc(N(CC)Cc2ccco2)n1. The van der Waals surface area contributed by atoms with Gasteiger partial charge in [-0.05, 0) is 32.0 Å². The molecule has 2 aromatic heterocycles. The maximum Gasteiger partial charge on any atom is 0.185 e. The number of thiazole rings is 1. The molecule has 2 heterocycles. The summed E-state index contributed by atoms with van der Waals surface area (Å²) in [6.45, 7) is 7.90. The summed E-state index contributed by atoms with van der Waals surface area (Å²) in [6, 6.07) is 3.92. The second kappa shape index (κ2) is 7.31. The van der Waals surface area contributed by atoms with Gasteiger partial charge in [-0.15, -0.1) is 11.3 Å². The van der Waals surface area contributed by atoms with E-state index in [1.807, 2.05) is 12.1 Å². The van der Waals surface area contributed by atoms with Crippen LogP contribution in [0.25, 0.3) is 0 Å². The first-order valence-corrected chi connectivity index (χ1v) is 7.64. The number of anilines is 1. The van der Waals surface area contributed by atoms with Gasteiger partial charge in [-0.1, -0.05) is 6.92 Å². The van der Waals surface area contributed by atoms with Crippen LogP contribution >= 0.6 is 11.3 Å². The molecule has 2 rings (SSSR count). The minimum Gasteiger partial charge on any atom is -0.467 e. The first kappa shape index (κ1) is 14.1. The van der Waals surface area contributed by atoms with Crippen LogP contribution in [-0.2, 0) is 13.1 Å². The number of rotatable bonds is 8. The third-order valence-corrected chi connectivity index (χ3v) is 3.80. The monoisotopic (exact) mass is 279 g/mol. The fraction of sp³-hybridized carbons (Fsp3) is 0.500. The van der Waals surface area contributed by atoms with Crippen molar-refractivity contribution < 1.29 is 4.42 Å². The summed E-state index contributed by atoms with van der Waals surface area (Å²) < 4.78 is 5.40. The molecule has 0 fully saturated rings. The molecule has 5 heteroatoms. The molecule has 0 spiro atoms. The summed E-state index contributed by atoms with van der Waals surface area (Å²) in [7, 11) is 0. The van der Waals surface area contributed by atoms with Gasteiger partial charge in [-0.3, -0.25) is 0 Å². The highest BCUT2D eigenvalue weighted by Crippen LogP contribution is 2.22. The number of nitrogens with one attached hydrogen (secondary N) is 1. The van der Waals surface area contributed by atoms with Crippen LogP contribution in [-0.4, -0.2) is 18.1 Å². The van der Waals surface area contributed by atoms with Crippen molar-refractivity contribution in [2.24, 2.45) is 0 Å². The highest BCUT2D eigenvalue weighted by atomic mass is 32.1. The third kappa shape index (κ3) is 4.08. The van der Waals surface area contributed by atoms with Crippen LogP contribution in [0.2, 0.25) is 0 Å². The minimum atomic E-state index is 0.777. The van der Waals surface area contributed by atoms with Crippen LogP contribution < -0.4 is 10.2 Å². The van der Waals surface area contributed by atoms with E-state index in [0.717, 1.165) is 49.2 Å². The summed E-state index contributed by atoms with van der Waals surface area (Å²) in [5.74, 6) is 0.975. The van der Waals surface area contributed by atoms with E-state index >= 15 is 0 Å². The zero-order valence-electron chi connectivity index (χ0n) is 11.6. The predicted octanol–water partition coefficient (Wildman–Crippen LogP) is 3.26. The normalized spacial score (nSPS) is 10.8. The Bertz CT molecular complexity index is 467. The average molecular weight is 279 g/mol. The summed E-state index contributed by atoms with van der Waals surface area (Å²) in [6.07, 6.45) is 2.86. The average Bonchev–Trinajstić information content (AvgIpc) is 3.07. The molecule has 0 atom stereocenters. The molecule has 0 aliphatic heterocycles. The van der Waals surface area contributed by atoms with E-state index < -0.39 is 0 Å². The van der Waals surface area contributed by atoms with Gasteiger partial charge in [0.15, 0.2) is 5.13 Å². The highest BCUT2D eigenvalue weighted by Gasteiger charge is 2.11. The van der Waals surface area contributed by atoms with Crippen molar-refractivity contribution in [3.63, 3.8) is 0 Å². The predicted molar refractivity (Wildman–Crippen MR) is 79.5 cm³/mol. The smallest absolute Gasteiger partial charge is 0.185 e. The van der Waals surface area contributed by atoms with E-state index in [0.29, 0.717) is 0 Å². The summed E-state index contributed by atoms with van der Waals surface area (Å²) >= 11 is 1.70. The van der Waals surface area contributed by atoms with Crippen LogP contribution in [0.15, 0.2) is 28.2 Å². The molecule has 0 aromatic carbocycles. The zero-order valence-corrected chi connectivity index (χ0v) is 12.4. The first-order valence-electron chi connectivity index (χ1n) is 6.76. The van der Waals surface area contributed by atoms with Gasteiger partial charge in [0.05, 0.1) is 18.5 Å². The van der Waals surface area contributed by atoms with E-state index in [9.17, 15) is 0 Å². The van der Waals surface area contributed by atoms with Crippen LogP contribution in [0.5, 0.6) is 0 Å². The van der Waals surface area contributed by atoms with E-state index in [1.54, 1.807) is 17.6 Å². The van der Waals surface area contributed by atoms with Crippen LogP contribution in [0.3, 0.4) is 0 Å². The highest BCUT2D eigenvalue weighted by molar-refractivity contribution is 7.13. The second-order valence-electron chi connectivity index (χ2n) is 4.39. The summed E-state index contributed by atoms with van der Waals surface area (Å²) in [5, 5.41) is 6.56. The molecule has 0 aliphatic carbocycles. The Morgan fingerprint density at radius 1 is 1.42 bits per heavy atom. The molecule has 104 valence electrons. The lowest BCUT2D eigenvalue weighted by Crippen LogP contribution is -2.21. The van der Waals surface area contributed by atoms with Crippen LogP contribution in [0, 0.1) is 0 Å². The molecule has 0 bridgehead atoms. The van der Waals surface area contributed by atoms with Crippen LogP contribution in [0.4, 0.5) is 5.13 Å². The lowest BCUT2D eigenvalue weighted by molar-refractivity contribution is 0.503. The van der Waals surface area contributed by atoms with Gasteiger partial charge in [-0.2, -0.15) is 0 Å². The number of aromatic nitrogens is 1. The van der Waals surface area contributed by atoms with Gasteiger partial charge >= 0.3 is 0 Å². The Balaban J connectivity index is 1.94. The van der Waals surface area contributed by atoms with Crippen molar-refractivity contribution in [3.8, 4) is 0 Å². The maximum atomic E-state index is 5.40. The van der Waals surface area contributed by atoms with Crippen molar-refractivity contribution in [1.29, 1.82) is 0 Å². The lowest BCUT2D eigenvalue weighted by Gasteiger charge is -2.18. The van der Waals surface area contributed by atoms with Gasteiger partial charge in [0.25, 0.3) is 0 Å². The van der Waals surface area contributed by atoms with Crippen molar-refractivity contribution in [2.75, 3.05) is 18.0 Å². The van der Waals surface area contributed by atoms with Crippen LogP contribution in [0.1, 0.15) is 31.7 Å². The van der Waals surface area contributed by atoms with E-state index in [-0.39, 0.29) is 0 Å². The maximum absolute atomic E-state index is 5.40. The second-order valence-corrected chi connectivity index (χ2v) is 5.23. The third-order valence-electron chi connectivity index (χ3n) is 2.85. The Morgan fingerprint density at radius 3 is 3.00 bits per heavy atom. The van der Waals surface area contributed by atoms with Gasteiger partial charge in [0.2, 0.25) is 0 Å². The van der Waals surface area contributed by atoms with E-state index in [4.69, 9.17) is 4.42 Å². The molecule has 0 radical (unpaired) electrons. The molecule has 2 aromatic rings. The van der Waals surface area contributed by atoms with Gasteiger partial charge < -0.3 is 14.6 Å². The van der Waals surface area contributed by atoms with E-state index in [1.165, 1.54) is 0 Å². The van der Waals surface area contributed by atoms with Crippen molar-refractivity contribution in [3.05, 3.63) is 35.2 Å². The zero-order chi connectivity index (χ0) is 13.5. The molecule has 0 saturated carbocycles. The van der Waals surface area contributed by atoms with Crippen molar-refractivity contribution in [2.45, 2.75) is 33.4 Å². The Hall–Kier alpha value is -1.33. The van der Waals surface area contributed by atoms with Gasteiger partial charge in [0, 0.05) is 18.5 Å². The fourth-order valence-corrected chi connectivity index (χ4v) is 2.71. The van der Waals surface area contributed by atoms with Crippen molar-refractivity contribution >= 4 is 16.5 Å². The molecular weight excluding hydrogens is 258 g/mol. The standard InChI is InChI=1S/C14H21N3OS/c1-3-7-15-9-12-11-19-14(16-12)17(4-2)10-13-6-5-8-18-13/h5-6,8,11,15H,3-4,7,9-10H2,1-2H3. The molecule has 4 nitrogen and oxygen atoms in total. The Morgan fingerprint density at radius 2 is 2.32 bits per heavy atom. The molecule has 0 aliphatic rings. The number of hydrogen-bond acceptors (Lipinski definition) is 5. The Kier molecular flexibility index (Phi) is 5.42. The molecule has 19 heavy (non-hydrogen) atoms. The van der Waals surface area contributed by atoms with Gasteiger partial charge in [0.1, 0.15) is 5.76 Å². The number of hydrogen-bond donors (Lipinski definition) is 1. The molecular formula is C14H21N3OS. The molecule has 0 amide bonds. The topological polar surface area (TPSA) is 41.3 Å². The largest absolute Gasteiger partial charge is 0.467 e. The lowest BCUT2D eigenvalue weighted by atomic mass is 10.4. The summed E-state index contributed by atoms with van der Waals surface area (Å²) in [5.41, 5.74) is 1.12. The Labute approximate surface area is 118 Å².